The van der Waals surface area contributed by atoms with Crippen LogP contribution in [0.3, 0.4) is 0 Å². The van der Waals surface area contributed by atoms with Crippen LogP contribution in [0.5, 0.6) is 0 Å². The Morgan fingerprint density at radius 3 is 0.817 bits per heavy atom. The second kappa shape index (κ2) is 64.7. The third kappa shape index (κ3) is 67.0. The zero-order valence-electron chi connectivity index (χ0n) is 60.7. The number of phosphoric acid groups is 2. The van der Waals surface area contributed by atoms with E-state index < -0.39 is 97.5 Å². The largest absolute Gasteiger partial charge is 0.472 e. The number of aliphatic hydroxyl groups is 1. The second-order valence-corrected chi connectivity index (χ2v) is 30.8. The van der Waals surface area contributed by atoms with Gasteiger partial charge >= 0.3 is 39.5 Å². The van der Waals surface area contributed by atoms with Gasteiger partial charge in [-0.3, -0.25) is 37.3 Å². The van der Waals surface area contributed by atoms with Gasteiger partial charge in [0.05, 0.1) is 26.4 Å². The molecule has 0 fully saturated rings. The zero-order chi connectivity index (χ0) is 68.7. The molecule has 0 aromatic rings. The number of phosphoric ester groups is 2. The van der Waals surface area contributed by atoms with E-state index in [0.717, 1.165) is 120 Å². The molecule has 0 radical (unpaired) electrons. The molecule has 0 spiro atoms. The quantitative estimate of drug-likeness (QED) is 0.0222. The van der Waals surface area contributed by atoms with Crippen molar-refractivity contribution in [2.75, 3.05) is 39.6 Å². The first kappa shape index (κ1) is 91.1. The molecule has 19 heteroatoms. The second-order valence-electron chi connectivity index (χ2n) is 27.9. The number of unbranched alkanes of at least 4 members (excludes halogenated alkanes) is 39. The smallest absolute Gasteiger partial charge is 0.462 e. The predicted molar refractivity (Wildman–Crippen MR) is 377 cm³/mol. The van der Waals surface area contributed by atoms with Crippen LogP contribution >= 0.6 is 15.6 Å². The summed E-state index contributed by atoms with van der Waals surface area (Å²) in [5, 5.41) is 10.6. The molecule has 0 aliphatic rings. The maximum Gasteiger partial charge on any atom is 0.472 e. The Hall–Kier alpha value is -1.94. The first-order valence-corrected chi connectivity index (χ1v) is 41.4. The molecule has 0 bridgehead atoms. The topological polar surface area (TPSA) is 237 Å². The van der Waals surface area contributed by atoms with Crippen molar-refractivity contribution in [2.24, 2.45) is 17.8 Å². The Bertz CT molecular complexity index is 1820. The van der Waals surface area contributed by atoms with Crippen molar-refractivity contribution in [3.63, 3.8) is 0 Å². The fraction of sp³-hybridized carbons (Fsp3) is 0.946. The van der Waals surface area contributed by atoms with Crippen LogP contribution in [0.1, 0.15) is 376 Å². The average Bonchev–Trinajstić information content (AvgIpc) is 3.74. The SMILES string of the molecule is CCCCCCCCCC(=O)OC[C@H](COP(=O)(O)OC[C@H](O)COP(=O)(O)OC[C@@H](COC(=O)CCCCCCCCCCCCCCCCCC(C)C)OC(=O)CCCCCCCCCCCCCCCCCC(C)C)OC(=O)CCCCCCCCC(C)CC. The molecule has 552 valence electrons. The highest BCUT2D eigenvalue weighted by Gasteiger charge is 2.30. The van der Waals surface area contributed by atoms with Gasteiger partial charge in [0, 0.05) is 25.7 Å². The summed E-state index contributed by atoms with van der Waals surface area (Å²) in [6.07, 6.45) is 50.2. The molecule has 0 amide bonds. The minimum atomic E-state index is -4.96. The van der Waals surface area contributed by atoms with E-state index in [1.165, 1.54) is 173 Å². The van der Waals surface area contributed by atoms with Gasteiger partial charge in [-0.15, -0.1) is 0 Å². The van der Waals surface area contributed by atoms with Gasteiger partial charge in [-0.05, 0) is 43.4 Å². The summed E-state index contributed by atoms with van der Waals surface area (Å²) < 4.78 is 68.3. The third-order valence-corrected chi connectivity index (χ3v) is 19.4. The minimum Gasteiger partial charge on any atom is -0.462 e. The standard InChI is InChI=1S/C74H144O17P2/c1-8-10-11-12-31-41-48-55-71(76)84-61-70(91-74(79)58-51-44-37-36-40-47-54-67(7)9-2)64-89-93(82,83)87-60-68(75)59-86-92(80,81)88-63-69(90-73(78)57-50-43-35-30-26-22-18-14-16-20-24-28-33-39-46-53-66(5)6)62-85-72(77)56-49-42-34-29-25-21-17-13-15-19-23-27-32-38-45-52-65(3)4/h65-70,75H,8-64H2,1-7H3,(H,80,81)(H,82,83)/t67?,68-,69-,70-/m1/s1. The van der Waals surface area contributed by atoms with Crippen molar-refractivity contribution in [1.82, 2.24) is 0 Å². The van der Waals surface area contributed by atoms with Crippen molar-refractivity contribution in [3.05, 3.63) is 0 Å². The molecule has 3 unspecified atom stereocenters. The maximum atomic E-state index is 13.1. The summed E-state index contributed by atoms with van der Waals surface area (Å²) in [4.78, 5) is 72.5. The number of rotatable bonds is 72. The lowest BCUT2D eigenvalue weighted by atomic mass is 10.00. The zero-order valence-corrected chi connectivity index (χ0v) is 62.5. The van der Waals surface area contributed by atoms with Gasteiger partial charge in [0.15, 0.2) is 12.2 Å². The van der Waals surface area contributed by atoms with E-state index >= 15 is 0 Å². The number of carbonyl (C=O) groups excluding carboxylic acids is 4. The highest BCUT2D eigenvalue weighted by molar-refractivity contribution is 7.47. The van der Waals surface area contributed by atoms with E-state index in [0.29, 0.717) is 25.7 Å². The Labute approximate surface area is 568 Å². The molecule has 93 heavy (non-hydrogen) atoms. The fourth-order valence-corrected chi connectivity index (χ4v) is 12.8. The van der Waals surface area contributed by atoms with Crippen LogP contribution in [0, 0.1) is 17.8 Å². The molecule has 17 nitrogen and oxygen atoms in total. The molecule has 0 aromatic heterocycles. The van der Waals surface area contributed by atoms with Gasteiger partial charge in [0.25, 0.3) is 0 Å². The molecule has 0 aliphatic carbocycles. The molecule has 3 N–H and O–H groups in total. The van der Waals surface area contributed by atoms with Crippen LogP contribution in [0.15, 0.2) is 0 Å². The van der Waals surface area contributed by atoms with E-state index in [1.54, 1.807) is 0 Å². The highest BCUT2D eigenvalue weighted by atomic mass is 31.2. The van der Waals surface area contributed by atoms with Crippen molar-refractivity contribution in [3.8, 4) is 0 Å². The van der Waals surface area contributed by atoms with Crippen LogP contribution < -0.4 is 0 Å². The van der Waals surface area contributed by atoms with E-state index in [4.69, 9.17) is 37.0 Å². The summed E-state index contributed by atoms with van der Waals surface area (Å²) >= 11 is 0. The minimum absolute atomic E-state index is 0.103. The van der Waals surface area contributed by atoms with Gasteiger partial charge in [-0.25, -0.2) is 9.13 Å². The molecular weight excluding hydrogens is 1220 g/mol. The molecule has 0 rings (SSSR count). The maximum absolute atomic E-state index is 13.1. The summed E-state index contributed by atoms with van der Waals surface area (Å²) in [5.41, 5.74) is 0. The monoisotopic (exact) mass is 1370 g/mol. The molecule has 6 atom stereocenters. The average molecular weight is 1370 g/mol. The lowest BCUT2D eigenvalue weighted by molar-refractivity contribution is -0.161. The first-order chi connectivity index (χ1) is 44.8. The highest BCUT2D eigenvalue weighted by Crippen LogP contribution is 2.45. The normalized spacial score (nSPS) is 14.4. The molecule has 0 heterocycles. The first-order valence-electron chi connectivity index (χ1n) is 38.4. The number of hydrogen-bond acceptors (Lipinski definition) is 15. The van der Waals surface area contributed by atoms with E-state index in [2.05, 4.69) is 48.5 Å². The van der Waals surface area contributed by atoms with Gasteiger partial charge < -0.3 is 33.8 Å². The van der Waals surface area contributed by atoms with Crippen LogP contribution in [-0.2, 0) is 65.4 Å². The van der Waals surface area contributed by atoms with Crippen LogP contribution in [0.4, 0.5) is 0 Å². The molecule has 0 saturated heterocycles. The Balaban J connectivity index is 5.18. The van der Waals surface area contributed by atoms with E-state index in [-0.39, 0.29) is 25.7 Å². The summed E-state index contributed by atoms with van der Waals surface area (Å²) in [6, 6.07) is 0. The lowest BCUT2D eigenvalue weighted by Gasteiger charge is -2.21. The van der Waals surface area contributed by atoms with Crippen molar-refractivity contribution in [1.29, 1.82) is 0 Å². The third-order valence-electron chi connectivity index (χ3n) is 17.5. The molecular formula is C74H144O17P2. The van der Waals surface area contributed by atoms with Crippen molar-refractivity contribution < 1.29 is 80.2 Å². The number of carbonyl (C=O) groups is 4. The van der Waals surface area contributed by atoms with Gasteiger partial charge in [-0.2, -0.15) is 0 Å². The molecule has 0 aliphatic heterocycles. The number of ether oxygens (including phenoxy) is 4. The van der Waals surface area contributed by atoms with Crippen molar-refractivity contribution >= 4 is 39.5 Å². The van der Waals surface area contributed by atoms with Crippen molar-refractivity contribution in [2.45, 2.75) is 394 Å². The fourth-order valence-electron chi connectivity index (χ4n) is 11.2. The van der Waals surface area contributed by atoms with E-state index in [9.17, 15) is 43.2 Å². The Kier molecular flexibility index (Phi) is 63.4. The molecule has 0 saturated carbocycles. The predicted octanol–water partition coefficient (Wildman–Crippen LogP) is 21.4. The Morgan fingerprint density at radius 2 is 0.548 bits per heavy atom. The number of esters is 4. The van der Waals surface area contributed by atoms with Gasteiger partial charge in [0.2, 0.25) is 0 Å². The van der Waals surface area contributed by atoms with Crippen LogP contribution in [0.2, 0.25) is 0 Å². The summed E-state index contributed by atoms with van der Waals surface area (Å²) in [5.74, 6) is 0.202. The van der Waals surface area contributed by atoms with Gasteiger partial charge in [0.1, 0.15) is 19.3 Å². The number of aliphatic hydroxyl groups excluding tert-OH is 1. The van der Waals surface area contributed by atoms with Crippen LogP contribution in [0.25, 0.3) is 0 Å². The number of hydrogen-bond donors (Lipinski definition) is 3. The van der Waals surface area contributed by atoms with Gasteiger partial charge in [-0.1, -0.05) is 325 Å². The lowest BCUT2D eigenvalue weighted by Crippen LogP contribution is -2.30. The Morgan fingerprint density at radius 1 is 0.312 bits per heavy atom. The summed E-state index contributed by atoms with van der Waals surface area (Å²) in [6.45, 7) is 11.8. The summed E-state index contributed by atoms with van der Waals surface area (Å²) in [7, 11) is -9.90. The van der Waals surface area contributed by atoms with E-state index in [1.807, 2.05) is 0 Å². The van der Waals surface area contributed by atoms with Crippen LogP contribution in [-0.4, -0.2) is 96.7 Å². The molecule has 0 aromatic carbocycles.